The molecule has 9 nitrogen and oxygen atoms in total. The monoisotopic (exact) mass is 629 g/mol. The molecular weight excluding hydrogens is 589 g/mol. The number of benzene rings is 1. The fraction of sp³-hybridized carbons (Fsp3) is 0.600. The van der Waals surface area contributed by atoms with Crippen LogP contribution in [0.25, 0.3) is 0 Å². The molecule has 2 rings (SSSR count). The Morgan fingerprint density at radius 2 is 1.57 bits per heavy atom. The molecule has 12 heteroatoms. The molecule has 4 amide bonds. The van der Waals surface area contributed by atoms with Crippen LogP contribution >= 0.6 is 23.5 Å². The Bertz CT molecular complexity index is 862. The van der Waals surface area contributed by atoms with Crippen molar-refractivity contribution in [3.8, 4) is 0 Å². The first kappa shape index (κ1) is 35.9. The molecule has 1 aliphatic rings. The predicted octanol–water partition coefficient (Wildman–Crippen LogP) is 1.43. The molecule has 0 fully saturated rings. The zero-order valence-electron chi connectivity index (χ0n) is 22.2. The van der Waals surface area contributed by atoms with E-state index in [1.165, 1.54) is 11.1 Å². The second-order valence-corrected chi connectivity index (χ2v) is 10.6. The number of thioether (sulfide) groups is 2. The summed E-state index contributed by atoms with van der Waals surface area (Å²) in [5.41, 5.74) is 2.43. The Balaban J connectivity index is 0.00000421. The molecule has 0 aliphatic carbocycles. The molecule has 1 aromatic carbocycles. The van der Waals surface area contributed by atoms with Gasteiger partial charge >= 0.3 is 0 Å². The predicted molar refractivity (Wildman–Crippen MR) is 147 cm³/mol. The number of amides is 4. The maximum Gasteiger partial charge on any atom is 0.242 e. The minimum atomic E-state index is -0.758. The van der Waals surface area contributed by atoms with E-state index in [2.05, 4.69) is 39.5 Å². The van der Waals surface area contributed by atoms with Crippen molar-refractivity contribution in [3.05, 3.63) is 35.4 Å². The summed E-state index contributed by atoms with van der Waals surface area (Å²) in [7, 11) is 1.00. The van der Waals surface area contributed by atoms with Crippen molar-refractivity contribution >= 4 is 47.2 Å². The molecule has 0 aromatic heterocycles. The van der Waals surface area contributed by atoms with Gasteiger partial charge in [-0.15, -0.1) is 0 Å². The summed E-state index contributed by atoms with van der Waals surface area (Å²) >= 11 is 3.41. The summed E-state index contributed by atoms with van der Waals surface area (Å²) in [6.07, 6.45) is 1.03. The second kappa shape index (κ2) is 20.8. The van der Waals surface area contributed by atoms with Crippen LogP contribution in [0.3, 0.4) is 0 Å². The summed E-state index contributed by atoms with van der Waals surface area (Å²) in [6, 6.07) is 6.95. The van der Waals surface area contributed by atoms with Gasteiger partial charge in [-0.1, -0.05) is 44.5 Å². The summed E-state index contributed by atoms with van der Waals surface area (Å²) in [5.74, 6) is 1.68. The van der Waals surface area contributed by atoms with Crippen molar-refractivity contribution in [2.75, 3.05) is 31.7 Å². The normalized spacial score (nSPS) is 21.5. The van der Waals surface area contributed by atoms with Gasteiger partial charge in [0.05, 0.1) is 6.54 Å². The van der Waals surface area contributed by atoms with Crippen molar-refractivity contribution in [3.63, 3.8) is 0 Å². The Hall–Kier alpha value is -1.14. The van der Waals surface area contributed by atoms with Crippen LogP contribution in [0.5, 0.6) is 0 Å². The van der Waals surface area contributed by atoms with Crippen LogP contribution in [0.15, 0.2) is 24.3 Å². The van der Waals surface area contributed by atoms with Gasteiger partial charge in [-0.25, -0.2) is 0 Å². The molecule has 0 saturated heterocycles. The Labute approximate surface area is 254 Å². The maximum atomic E-state index is 12.7. The van der Waals surface area contributed by atoms with Gasteiger partial charge < -0.3 is 26.4 Å². The van der Waals surface area contributed by atoms with Gasteiger partial charge in [-0.2, -0.15) is 23.5 Å². The quantitative estimate of drug-likeness (QED) is 0.334. The number of rotatable bonds is 2. The van der Waals surface area contributed by atoms with E-state index in [9.17, 15) is 19.2 Å². The average Bonchev–Trinajstić information content (AvgIpc) is 2.88. The Morgan fingerprint density at radius 1 is 0.946 bits per heavy atom. The van der Waals surface area contributed by atoms with Gasteiger partial charge in [0.2, 0.25) is 23.6 Å². The number of carbonyl (C=O) groups is 4. The van der Waals surface area contributed by atoms with E-state index in [4.69, 9.17) is 5.11 Å². The topological polar surface area (TPSA) is 137 Å². The average molecular weight is 630 g/mol. The van der Waals surface area contributed by atoms with Crippen molar-refractivity contribution in [1.82, 2.24) is 21.3 Å². The molecule has 5 N–H and O–H groups in total. The number of fused-ring (bicyclic) bond motifs is 2. The van der Waals surface area contributed by atoms with Crippen molar-refractivity contribution in [1.29, 1.82) is 0 Å². The first-order chi connectivity index (χ1) is 17.3. The van der Waals surface area contributed by atoms with E-state index in [0.29, 0.717) is 18.7 Å². The standard InChI is InChI=1S/C24H36N4O4S2.CH4O.Y/c1-4-16(2)22-24(32)25-9-11-34-15-19-7-5-6-18(12-19)14-33-10-8-20(29)27-17(3)23(31)26-13-21(30)28-22;1-2;/h5-7,12,16-17,22H,4,8-11,13-15H2,1-3H3,(H,25,32)(H,26,31)(H,27,29)(H,28,30);2H,1H3;/t16-,17-,22-;;/m0../s1. The Kier molecular flexibility index (Phi) is 20.1. The van der Waals surface area contributed by atoms with Gasteiger partial charge in [-0.3, -0.25) is 19.2 Å². The van der Waals surface area contributed by atoms with Crippen molar-refractivity contribution in [2.24, 2.45) is 5.92 Å². The van der Waals surface area contributed by atoms with Gasteiger partial charge in [0.1, 0.15) is 12.1 Å². The fourth-order valence-corrected chi connectivity index (χ4v) is 5.03. The summed E-state index contributed by atoms with van der Waals surface area (Å²) in [4.78, 5) is 49.6. The third-order valence-corrected chi connectivity index (χ3v) is 7.61. The van der Waals surface area contributed by atoms with Crippen molar-refractivity contribution < 1.29 is 57.0 Å². The SMILES string of the molecule is CC[C@H](C)[C@@H]1NC(=O)CNC(=O)[C@H](C)NC(=O)CCSCc2cccc(c2)CSCCNC1=O.CO.[Y]. The first-order valence-corrected chi connectivity index (χ1v) is 14.4. The molecule has 1 aliphatic heterocycles. The summed E-state index contributed by atoms with van der Waals surface area (Å²) in [6.45, 7) is 5.69. The van der Waals surface area contributed by atoms with E-state index in [-0.39, 0.29) is 57.0 Å². The van der Waals surface area contributed by atoms with Crippen LogP contribution < -0.4 is 21.3 Å². The minimum absolute atomic E-state index is 0. The molecule has 2 bridgehead atoms. The molecule has 0 saturated carbocycles. The number of hydrogen-bond donors (Lipinski definition) is 5. The van der Waals surface area contributed by atoms with Gasteiger partial charge in [-0.05, 0) is 24.0 Å². The van der Waals surface area contributed by atoms with Crippen LogP contribution in [-0.2, 0) is 63.4 Å². The largest absolute Gasteiger partial charge is 0.400 e. The molecule has 0 unspecified atom stereocenters. The zero-order valence-corrected chi connectivity index (χ0v) is 26.6. The van der Waals surface area contributed by atoms with E-state index in [0.717, 1.165) is 30.8 Å². The van der Waals surface area contributed by atoms with Gasteiger partial charge in [0.15, 0.2) is 0 Å². The molecule has 1 radical (unpaired) electrons. The summed E-state index contributed by atoms with van der Waals surface area (Å²) in [5, 5.41) is 17.9. The minimum Gasteiger partial charge on any atom is -0.400 e. The van der Waals surface area contributed by atoms with E-state index >= 15 is 0 Å². The molecule has 205 valence electrons. The van der Waals surface area contributed by atoms with Crippen LogP contribution in [0.4, 0.5) is 0 Å². The zero-order chi connectivity index (χ0) is 26.9. The first-order valence-electron chi connectivity index (χ1n) is 12.1. The van der Waals surface area contributed by atoms with Crippen molar-refractivity contribution in [2.45, 2.75) is 57.2 Å². The molecule has 37 heavy (non-hydrogen) atoms. The molecular formula is C25H40N4O5S2Y. The third kappa shape index (κ3) is 14.6. The number of carbonyl (C=O) groups excluding carboxylic acids is 4. The molecule has 1 aromatic rings. The number of aliphatic hydroxyl groups excluding tert-OH is 1. The molecule has 0 spiro atoms. The molecule has 3 atom stereocenters. The van der Waals surface area contributed by atoms with E-state index < -0.39 is 23.9 Å². The maximum absolute atomic E-state index is 12.7. The fourth-order valence-electron chi connectivity index (χ4n) is 3.34. The summed E-state index contributed by atoms with van der Waals surface area (Å²) < 4.78 is 0. The number of nitrogens with one attached hydrogen (secondary N) is 4. The van der Waals surface area contributed by atoms with E-state index in [1.807, 2.05) is 19.9 Å². The van der Waals surface area contributed by atoms with Crippen LogP contribution in [0.2, 0.25) is 0 Å². The van der Waals surface area contributed by atoms with Crippen LogP contribution in [-0.4, -0.2) is 72.5 Å². The second-order valence-electron chi connectivity index (χ2n) is 8.40. The number of aliphatic hydroxyl groups is 1. The number of hydrogen-bond acceptors (Lipinski definition) is 7. The van der Waals surface area contributed by atoms with Gasteiger partial charge in [0.25, 0.3) is 0 Å². The Morgan fingerprint density at radius 3 is 2.19 bits per heavy atom. The van der Waals surface area contributed by atoms with Crippen LogP contribution in [0, 0.1) is 5.92 Å². The van der Waals surface area contributed by atoms with E-state index in [1.54, 1.807) is 30.4 Å². The van der Waals surface area contributed by atoms with Gasteiger partial charge in [0, 0.05) is 75.8 Å². The third-order valence-electron chi connectivity index (χ3n) is 5.55. The smallest absolute Gasteiger partial charge is 0.242 e. The molecule has 1 heterocycles. The van der Waals surface area contributed by atoms with Crippen LogP contribution in [0.1, 0.15) is 44.7 Å².